The molecule has 33 heavy (non-hydrogen) atoms. The van der Waals surface area contributed by atoms with Crippen LogP contribution < -0.4 is 15.0 Å². The van der Waals surface area contributed by atoms with Crippen LogP contribution in [0.5, 0.6) is 11.5 Å². The van der Waals surface area contributed by atoms with Gasteiger partial charge in [-0.3, -0.25) is 14.8 Å². The van der Waals surface area contributed by atoms with E-state index in [1.165, 1.54) is 5.56 Å². The molecule has 6 heteroatoms. The van der Waals surface area contributed by atoms with Crippen LogP contribution in [0.3, 0.4) is 0 Å². The lowest BCUT2D eigenvalue weighted by Crippen LogP contribution is -2.31. The molecular formula is C27H29N3O3. The zero-order chi connectivity index (χ0) is 23.4. The monoisotopic (exact) mass is 443 g/mol. The molecular weight excluding hydrogens is 414 g/mol. The highest BCUT2D eigenvalue weighted by molar-refractivity contribution is 6.16. The minimum absolute atomic E-state index is 0.0455. The van der Waals surface area contributed by atoms with Gasteiger partial charge in [-0.15, -0.1) is 0 Å². The van der Waals surface area contributed by atoms with Gasteiger partial charge in [-0.05, 0) is 69.5 Å². The Balaban J connectivity index is 1.68. The van der Waals surface area contributed by atoms with Gasteiger partial charge in [0.25, 0.3) is 5.56 Å². The Morgan fingerprint density at radius 3 is 2.58 bits per heavy atom. The molecule has 2 aliphatic heterocycles. The highest BCUT2D eigenvalue weighted by Crippen LogP contribution is 2.47. The molecule has 0 unspecified atom stereocenters. The molecule has 0 bridgehead atoms. The molecule has 0 spiro atoms. The molecule has 0 saturated carbocycles. The molecule has 0 atom stereocenters. The van der Waals surface area contributed by atoms with Crippen LogP contribution in [0.15, 0.2) is 58.7 Å². The summed E-state index contributed by atoms with van der Waals surface area (Å²) in [6, 6.07) is 9.46. The van der Waals surface area contributed by atoms with Crippen LogP contribution in [0.1, 0.15) is 55.5 Å². The molecule has 3 aromatic rings. The van der Waals surface area contributed by atoms with Gasteiger partial charge in [0.1, 0.15) is 5.60 Å². The first-order chi connectivity index (χ1) is 15.7. The fraction of sp³-hybridized carbons (Fsp3) is 0.370. The van der Waals surface area contributed by atoms with Crippen LogP contribution in [0, 0.1) is 0 Å². The van der Waals surface area contributed by atoms with E-state index in [2.05, 4.69) is 38.7 Å². The summed E-state index contributed by atoms with van der Waals surface area (Å²) in [5.41, 5.74) is 5.67. The number of hydrogen-bond donors (Lipinski definition) is 0. The summed E-state index contributed by atoms with van der Waals surface area (Å²) < 4.78 is 13.7. The molecule has 1 aromatic carbocycles. The molecule has 6 nitrogen and oxygen atoms in total. The normalized spacial score (nSPS) is 17.5. The number of fused-ring (bicyclic) bond motifs is 3. The first-order valence-electron chi connectivity index (χ1n) is 11.3. The van der Waals surface area contributed by atoms with Gasteiger partial charge in [0.15, 0.2) is 11.5 Å². The SMILES string of the molecule is COc1cc2c(c3c1OC(C)(C)C3)C(c1ccc(=O)n(Cc3ccncc3)c1)=NC(C)(C)C2. The topological polar surface area (TPSA) is 65.7 Å². The number of aromatic nitrogens is 2. The summed E-state index contributed by atoms with van der Waals surface area (Å²) in [5.74, 6) is 1.58. The zero-order valence-corrected chi connectivity index (χ0v) is 19.8. The minimum atomic E-state index is -0.317. The van der Waals surface area contributed by atoms with Gasteiger partial charge in [0.2, 0.25) is 0 Å². The van der Waals surface area contributed by atoms with Crippen molar-refractivity contribution in [3.63, 3.8) is 0 Å². The number of pyridine rings is 2. The van der Waals surface area contributed by atoms with Crippen molar-refractivity contribution in [1.82, 2.24) is 9.55 Å². The quantitative estimate of drug-likeness (QED) is 0.607. The summed E-state index contributed by atoms with van der Waals surface area (Å²) in [7, 11) is 1.69. The Morgan fingerprint density at radius 2 is 1.85 bits per heavy atom. The van der Waals surface area contributed by atoms with E-state index in [-0.39, 0.29) is 16.7 Å². The lowest BCUT2D eigenvalue weighted by molar-refractivity contribution is 0.134. The Kier molecular flexibility index (Phi) is 4.92. The van der Waals surface area contributed by atoms with Gasteiger partial charge in [-0.25, -0.2) is 0 Å². The number of rotatable bonds is 4. The van der Waals surface area contributed by atoms with Crippen molar-refractivity contribution in [3.05, 3.63) is 87.1 Å². The number of ether oxygens (including phenoxy) is 2. The summed E-state index contributed by atoms with van der Waals surface area (Å²) in [5, 5.41) is 0. The predicted molar refractivity (Wildman–Crippen MR) is 129 cm³/mol. The van der Waals surface area contributed by atoms with E-state index in [0.717, 1.165) is 52.3 Å². The van der Waals surface area contributed by atoms with Crippen LogP contribution in [0.2, 0.25) is 0 Å². The van der Waals surface area contributed by atoms with Gasteiger partial charge in [-0.1, -0.05) is 0 Å². The lowest BCUT2D eigenvalue weighted by atomic mass is 9.81. The van der Waals surface area contributed by atoms with Crippen molar-refractivity contribution >= 4 is 5.71 Å². The van der Waals surface area contributed by atoms with E-state index in [4.69, 9.17) is 14.5 Å². The third-order valence-corrected chi connectivity index (χ3v) is 6.26. The van der Waals surface area contributed by atoms with Crippen molar-refractivity contribution in [2.45, 2.75) is 58.2 Å². The maximum atomic E-state index is 12.7. The largest absolute Gasteiger partial charge is 0.493 e. The third-order valence-electron chi connectivity index (χ3n) is 6.26. The van der Waals surface area contributed by atoms with Crippen molar-refractivity contribution in [2.75, 3.05) is 7.11 Å². The van der Waals surface area contributed by atoms with Crippen LogP contribution in [0.25, 0.3) is 0 Å². The Hall–Kier alpha value is -3.41. The molecule has 0 radical (unpaired) electrons. The smallest absolute Gasteiger partial charge is 0.250 e. The van der Waals surface area contributed by atoms with Gasteiger partial charge in [0.05, 0.1) is 24.9 Å². The molecule has 0 fully saturated rings. The van der Waals surface area contributed by atoms with Gasteiger partial charge < -0.3 is 14.0 Å². The Bertz CT molecular complexity index is 1320. The maximum absolute atomic E-state index is 12.7. The predicted octanol–water partition coefficient (Wildman–Crippen LogP) is 4.19. The summed E-state index contributed by atoms with van der Waals surface area (Å²) in [4.78, 5) is 21.9. The minimum Gasteiger partial charge on any atom is -0.493 e. The number of aliphatic imine (C=N–C) groups is 1. The fourth-order valence-corrected chi connectivity index (χ4v) is 4.91. The van der Waals surface area contributed by atoms with E-state index < -0.39 is 0 Å². The number of methoxy groups -OCH3 is 1. The van der Waals surface area contributed by atoms with Crippen molar-refractivity contribution in [1.29, 1.82) is 0 Å². The summed E-state index contributed by atoms with van der Waals surface area (Å²) >= 11 is 0. The highest BCUT2D eigenvalue weighted by atomic mass is 16.5. The second-order valence-corrected chi connectivity index (χ2v) is 10.1. The summed E-state index contributed by atoms with van der Waals surface area (Å²) in [6.45, 7) is 8.95. The van der Waals surface area contributed by atoms with E-state index in [1.807, 2.05) is 24.4 Å². The molecule has 0 amide bonds. The lowest BCUT2D eigenvalue weighted by Gasteiger charge is -2.31. The summed E-state index contributed by atoms with van der Waals surface area (Å²) in [6.07, 6.45) is 6.99. The van der Waals surface area contributed by atoms with E-state index in [9.17, 15) is 4.79 Å². The molecule has 0 saturated heterocycles. The van der Waals surface area contributed by atoms with Crippen LogP contribution >= 0.6 is 0 Å². The fourth-order valence-electron chi connectivity index (χ4n) is 4.91. The van der Waals surface area contributed by atoms with Crippen molar-refractivity contribution in [2.24, 2.45) is 4.99 Å². The second kappa shape index (κ2) is 7.58. The molecule has 0 N–H and O–H groups in total. The molecule has 170 valence electrons. The molecule has 4 heterocycles. The van der Waals surface area contributed by atoms with E-state index >= 15 is 0 Å². The standard InChI is InChI=1S/C27H29N3O3/c1-26(2)13-19-12-21(32-5)25-20(14-27(3,4)33-25)23(19)24(29-26)18-6-7-22(31)30(16-18)15-17-8-10-28-11-9-17/h6-12,16H,13-15H2,1-5H3. The van der Waals surface area contributed by atoms with E-state index in [0.29, 0.717) is 6.54 Å². The third kappa shape index (κ3) is 3.94. The molecule has 0 aliphatic carbocycles. The van der Waals surface area contributed by atoms with Crippen LogP contribution in [-0.4, -0.2) is 33.5 Å². The number of hydrogen-bond acceptors (Lipinski definition) is 5. The highest BCUT2D eigenvalue weighted by Gasteiger charge is 2.39. The van der Waals surface area contributed by atoms with Gasteiger partial charge in [-0.2, -0.15) is 0 Å². The van der Waals surface area contributed by atoms with Gasteiger partial charge in [0, 0.05) is 47.8 Å². The number of benzene rings is 1. The average Bonchev–Trinajstić information content (AvgIpc) is 3.09. The Morgan fingerprint density at radius 1 is 1.09 bits per heavy atom. The van der Waals surface area contributed by atoms with Crippen molar-refractivity contribution < 1.29 is 9.47 Å². The average molecular weight is 444 g/mol. The first-order valence-corrected chi connectivity index (χ1v) is 11.3. The Labute approximate surface area is 193 Å². The van der Waals surface area contributed by atoms with Crippen LogP contribution in [0.4, 0.5) is 0 Å². The molecule has 2 aromatic heterocycles. The van der Waals surface area contributed by atoms with Crippen molar-refractivity contribution in [3.8, 4) is 11.5 Å². The molecule has 5 rings (SSSR count). The number of nitrogens with zero attached hydrogens (tertiary/aromatic N) is 3. The maximum Gasteiger partial charge on any atom is 0.250 e. The van der Waals surface area contributed by atoms with Crippen LogP contribution in [-0.2, 0) is 19.4 Å². The van der Waals surface area contributed by atoms with Gasteiger partial charge >= 0.3 is 0 Å². The second-order valence-electron chi connectivity index (χ2n) is 10.1. The first kappa shape index (κ1) is 21.4. The molecule has 2 aliphatic rings. The zero-order valence-electron chi connectivity index (χ0n) is 19.8. The van der Waals surface area contributed by atoms with E-state index in [1.54, 1.807) is 30.1 Å².